The van der Waals surface area contributed by atoms with Gasteiger partial charge in [0, 0.05) is 19.4 Å². The van der Waals surface area contributed by atoms with E-state index in [0.717, 1.165) is 18.6 Å². The van der Waals surface area contributed by atoms with Crippen LogP contribution in [0.25, 0.3) is 0 Å². The maximum absolute atomic E-state index is 11.7. The Hall–Kier alpha value is -1.76. The van der Waals surface area contributed by atoms with Crippen LogP contribution in [-0.4, -0.2) is 12.5 Å². The van der Waals surface area contributed by atoms with Gasteiger partial charge in [-0.3, -0.25) is 4.79 Å². The highest BCUT2D eigenvalue weighted by molar-refractivity contribution is 5.95. The highest BCUT2D eigenvalue weighted by Gasteiger charge is 2.11. The average Bonchev–Trinajstić information content (AvgIpc) is 2.76. The Morgan fingerprint density at radius 2 is 2.38 bits per heavy atom. The van der Waals surface area contributed by atoms with E-state index in [1.165, 1.54) is 6.26 Å². The molecule has 1 heterocycles. The number of nitriles is 1. The number of unbranched alkanes of at least 4 members (excludes halogenated alkanes) is 2. The zero-order chi connectivity index (χ0) is 11.8. The van der Waals surface area contributed by atoms with Crippen LogP contribution in [-0.2, 0) is 6.42 Å². The summed E-state index contributed by atoms with van der Waals surface area (Å²) in [7, 11) is 0. The third kappa shape index (κ3) is 3.43. The lowest BCUT2D eigenvalue weighted by Crippen LogP contribution is -2.24. The van der Waals surface area contributed by atoms with Gasteiger partial charge >= 0.3 is 0 Å². The molecular weight excluding hydrogens is 204 g/mol. The predicted octanol–water partition coefficient (Wildman–Crippen LogP) is 2.27. The van der Waals surface area contributed by atoms with Crippen molar-refractivity contribution in [3.8, 4) is 6.07 Å². The van der Waals surface area contributed by atoms with Gasteiger partial charge in [-0.25, -0.2) is 0 Å². The van der Waals surface area contributed by atoms with Crippen molar-refractivity contribution in [3.63, 3.8) is 0 Å². The summed E-state index contributed by atoms with van der Waals surface area (Å²) in [6.45, 7) is 2.55. The Morgan fingerprint density at radius 3 is 3.06 bits per heavy atom. The Labute approximate surface area is 95.2 Å². The number of carbonyl (C=O) groups is 1. The summed E-state index contributed by atoms with van der Waals surface area (Å²) in [5.74, 6) is 0.622. The van der Waals surface area contributed by atoms with Gasteiger partial charge in [0.25, 0.3) is 5.91 Å². The molecule has 1 aromatic heterocycles. The van der Waals surface area contributed by atoms with Crippen molar-refractivity contribution < 1.29 is 9.21 Å². The first-order chi connectivity index (χ1) is 7.79. The molecule has 1 amide bonds. The molecule has 0 spiro atoms. The summed E-state index contributed by atoms with van der Waals surface area (Å²) in [6.07, 6.45) is 4.44. The Morgan fingerprint density at radius 1 is 1.56 bits per heavy atom. The van der Waals surface area contributed by atoms with Crippen LogP contribution in [0.3, 0.4) is 0 Å². The third-order valence-corrected chi connectivity index (χ3v) is 2.31. The maximum atomic E-state index is 11.7. The summed E-state index contributed by atoms with van der Waals surface area (Å²) in [6, 6.07) is 3.76. The van der Waals surface area contributed by atoms with E-state index in [9.17, 15) is 4.79 Å². The summed E-state index contributed by atoms with van der Waals surface area (Å²) >= 11 is 0. The molecule has 0 saturated heterocycles. The van der Waals surface area contributed by atoms with Crippen molar-refractivity contribution in [2.75, 3.05) is 6.54 Å². The zero-order valence-electron chi connectivity index (χ0n) is 9.45. The number of rotatable bonds is 6. The van der Waals surface area contributed by atoms with Gasteiger partial charge in [-0.05, 0) is 18.9 Å². The third-order valence-electron chi connectivity index (χ3n) is 2.31. The number of carbonyl (C=O) groups excluding carboxylic acids is 1. The predicted molar refractivity (Wildman–Crippen MR) is 59.9 cm³/mol. The van der Waals surface area contributed by atoms with Gasteiger partial charge in [-0.2, -0.15) is 5.26 Å². The van der Waals surface area contributed by atoms with Crippen LogP contribution >= 0.6 is 0 Å². The quantitative estimate of drug-likeness (QED) is 0.748. The molecule has 0 bridgehead atoms. The SMILES string of the molecule is CCc1occc1C(=O)NCCCCC#N. The van der Waals surface area contributed by atoms with E-state index in [1.807, 2.05) is 6.92 Å². The molecule has 1 rings (SSSR count). The first-order valence-corrected chi connectivity index (χ1v) is 5.51. The van der Waals surface area contributed by atoms with E-state index < -0.39 is 0 Å². The number of aryl methyl sites for hydroxylation is 1. The molecule has 0 atom stereocenters. The summed E-state index contributed by atoms with van der Waals surface area (Å²) in [5.41, 5.74) is 0.614. The Kier molecular flexibility index (Phi) is 5.13. The van der Waals surface area contributed by atoms with Crippen LogP contribution in [0.2, 0.25) is 0 Å². The molecule has 0 radical (unpaired) electrons. The maximum Gasteiger partial charge on any atom is 0.254 e. The second-order valence-corrected chi connectivity index (χ2v) is 3.48. The molecule has 4 heteroatoms. The largest absolute Gasteiger partial charge is 0.469 e. The number of hydrogen-bond donors (Lipinski definition) is 1. The smallest absolute Gasteiger partial charge is 0.254 e. The zero-order valence-corrected chi connectivity index (χ0v) is 9.45. The van der Waals surface area contributed by atoms with Crippen molar-refractivity contribution in [3.05, 3.63) is 23.7 Å². The molecule has 0 aliphatic heterocycles. The minimum atomic E-state index is -0.0949. The fourth-order valence-corrected chi connectivity index (χ4v) is 1.44. The van der Waals surface area contributed by atoms with E-state index >= 15 is 0 Å². The van der Waals surface area contributed by atoms with Crippen molar-refractivity contribution in [1.82, 2.24) is 5.32 Å². The fraction of sp³-hybridized carbons (Fsp3) is 0.500. The van der Waals surface area contributed by atoms with Gasteiger partial charge in [0.1, 0.15) is 5.76 Å². The number of nitrogens with one attached hydrogen (secondary N) is 1. The molecule has 0 aromatic carbocycles. The van der Waals surface area contributed by atoms with Crippen LogP contribution in [0.15, 0.2) is 16.7 Å². The second-order valence-electron chi connectivity index (χ2n) is 3.48. The van der Waals surface area contributed by atoms with Crippen LogP contribution in [0.4, 0.5) is 0 Å². The standard InChI is InChI=1S/C12H16N2O2/c1-2-11-10(6-9-16-11)12(15)14-8-5-3-4-7-13/h6,9H,2-5,8H2,1H3,(H,14,15). The van der Waals surface area contributed by atoms with Crippen LogP contribution < -0.4 is 5.32 Å². The van der Waals surface area contributed by atoms with Crippen molar-refractivity contribution in [2.24, 2.45) is 0 Å². The lowest BCUT2D eigenvalue weighted by molar-refractivity contribution is 0.0951. The molecular formula is C12H16N2O2. The lowest BCUT2D eigenvalue weighted by Gasteiger charge is -2.03. The van der Waals surface area contributed by atoms with Gasteiger partial charge in [0.2, 0.25) is 0 Å². The van der Waals surface area contributed by atoms with Crippen molar-refractivity contribution >= 4 is 5.91 Å². The number of nitrogens with zero attached hydrogens (tertiary/aromatic N) is 1. The Balaban J connectivity index is 2.33. The van der Waals surface area contributed by atoms with Crippen LogP contribution in [0, 0.1) is 11.3 Å². The average molecular weight is 220 g/mol. The minimum Gasteiger partial charge on any atom is -0.469 e. The van der Waals surface area contributed by atoms with Gasteiger partial charge in [-0.1, -0.05) is 6.92 Å². The van der Waals surface area contributed by atoms with Gasteiger partial charge < -0.3 is 9.73 Å². The van der Waals surface area contributed by atoms with Crippen LogP contribution in [0.1, 0.15) is 42.3 Å². The van der Waals surface area contributed by atoms with E-state index in [0.29, 0.717) is 24.9 Å². The molecule has 0 saturated carbocycles. The number of hydrogen-bond acceptors (Lipinski definition) is 3. The highest BCUT2D eigenvalue weighted by Crippen LogP contribution is 2.10. The van der Waals surface area contributed by atoms with E-state index in [2.05, 4.69) is 11.4 Å². The molecule has 0 aliphatic carbocycles. The normalized spacial score (nSPS) is 9.75. The molecule has 1 aromatic rings. The monoisotopic (exact) mass is 220 g/mol. The van der Waals surface area contributed by atoms with E-state index in [4.69, 9.17) is 9.68 Å². The molecule has 86 valence electrons. The van der Waals surface area contributed by atoms with Crippen molar-refractivity contribution in [2.45, 2.75) is 32.6 Å². The van der Waals surface area contributed by atoms with Crippen LogP contribution in [0.5, 0.6) is 0 Å². The highest BCUT2D eigenvalue weighted by atomic mass is 16.3. The molecule has 0 aliphatic rings. The summed E-state index contributed by atoms with van der Waals surface area (Å²) < 4.78 is 5.18. The number of furan rings is 1. The lowest BCUT2D eigenvalue weighted by atomic mass is 10.2. The minimum absolute atomic E-state index is 0.0949. The van der Waals surface area contributed by atoms with E-state index in [1.54, 1.807) is 6.07 Å². The molecule has 4 nitrogen and oxygen atoms in total. The first kappa shape index (κ1) is 12.3. The van der Waals surface area contributed by atoms with Gasteiger partial charge in [-0.15, -0.1) is 0 Å². The van der Waals surface area contributed by atoms with Crippen molar-refractivity contribution in [1.29, 1.82) is 5.26 Å². The molecule has 1 N–H and O–H groups in total. The van der Waals surface area contributed by atoms with E-state index in [-0.39, 0.29) is 5.91 Å². The second kappa shape index (κ2) is 6.67. The molecule has 0 fully saturated rings. The number of amides is 1. The van der Waals surface area contributed by atoms with Gasteiger partial charge in [0.15, 0.2) is 0 Å². The molecule has 0 unspecified atom stereocenters. The summed E-state index contributed by atoms with van der Waals surface area (Å²) in [4.78, 5) is 11.7. The molecule has 16 heavy (non-hydrogen) atoms. The Bertz CT molecular complexity index is 377. The first-order valence-electron chi connectivity index (χ1n) is 5.51. The van der Waals surface area contributed by atoms with Gasteiger partial charge in [0.05, 0.1) is 17.9 Å². The fourth-order valence-electron chi connectivity index (χ4n) is 1.44. The topological polar surface area (TPSA) is 66.0 Å². The summed E-state index contributed by atoms with van der Waals surface area (Å²) in [5, 5.41) is 11.2.